The van der Waals surface area contributed by atoms with Crippen molar-refractivity contribution in [2.45, 2.75) is 219 Å². The molecule has 0 saturated carbocycles. The highest BCUT2D eigenvalue weighted by molar-refractivity contribution is 5.71. The van der Waals surface area contributed by atoms with Gasteiger partial charge in [-0.3, -0.25) is 14.4 Å². The number of hydrogen-bond acceptors (Lipinski definition) is 6. The predicted octanol–water partition coefficient (Wildman–Crippen LogP) is 17.9. The Kier molecular flexibility index (Phi) is 50.6. The second kappa shape index (κ2) is 54.2. The maximum Gasteiger partial charge on any atom is 0.306 e. The fourth-order valence-corrected chi connectivity index (χ4v) is 6.73. The van der Waals surface area contributed by atoms with Crippen LogP contribution >= 0.6 is 0 Å². The molecule has 0 aliphatic heterocycles. The number of unbranched alkanes of at least 4 members (excludes halogenated alkanes) is 13. The molecule has 0 aromatic heterocycles. The normalized spacial score (nSPS) is 13.2. The average Bonchev–Trinajstić information content (AvgIpc) is 3.33. The van der Waals surface area contributed by atoms with Crippen molar-refractivity contribution in [3.8, 4) is 0 Å². The summed E-state index contributed by atoms with van der Waals surface area (Å²) in [7, 11) is 0. The Bertz CT molecular complexity index is 1480. The lowest BCUT2D eigenvalue weighted by Gasteiger charge is -2.18. The molecule has 6 nitrogen and oxygen atoms in total. The third kappa shape index (κ3) is 52.4. The Morgan fingerprint density at radius 3 is 0.851 bits per heavy atom. The minimum absolute atomic E-state index is 0.110. The number of ether oxygens (including phenoxy) is 3. The highest BCUT2D eigenvalue weighted by Gasteiger charge is 2.19. The highest BCUT2D eigenvalue weighted by Crippen LogP contribution is 2.13. The zero-order valence-electron chi connectivity index (χ0n) is 42.9. The van der Waals surface area contributed by atoms with Crippen molar-refractivity contribution >= 4 is 17.9 Å². The summed E-state index contributed by atoms with van der Waals surface area (Å²) in [5.74, 6) is -0.989. The molecule has 0 aliphatic carbocycles. The van der Waals surface area contributed by atoms with Crippen LogP contribution in [0.15, 0.2) is 134 Å². The standard InChI is InChI=1S/C61H96O6/c1-4-7-10-13-16-19-22-25-26-27-28-29-30-31-32-33-34-37-39-42-45-48-51-54-60(63)66-57-58(67-61(64)55-52-49-46-43-40-36-24-21-18-15-12-9-6-3)56-65-59(62)53-50-47-44-41-38-35-23-20-17-14-11-8-5-2/h7-12,16-21,25-26,28-29,31-32,35-36,38,40,58H,4-6,13-15,22-24,27,30,33-34,37,39,41-57H2,1-3H3/b10-7-,11-8-,12-9-,19-16-,20-17-,21-18-,26-25-,29-28-,32-31-,38-35-,40-36-. The molecule has 0 heterocycles. The summed E-state index contributed by atoms with van der Waals surface area (Å²) in [6.07, 6.45) is 75.9. The van der Waals surface area contributed by atoms with Crippen molar-refractivity contribution in [2.75, 3.05) is 13.2 Å². The van der Waals surface area contributed by atoms with Crippen LogP contribution in [0.3, 0.4) is 0 Å². The first-order valence-electron chi connectivity index (χ1n) is 26.7. The summed E-state index contributed by atoms with van der Waals surface area (Å²) >= 11 is 0. The molecule has 0 rings (SSSR count). The molecule has 0 aromatic rings. The van der Waals surface area contributed by atoms with Crippen LogP contribution in [-0.2, 0) is 28.6 Å². The maximum absolute atomic E-state index is 12.8. The van der Waals surface area contributed by atoms with Crippen molar-refractivity contribution in [3.63, 3.8) is 0 Å². The lowest BCUT2D eigenvalue weighted by Crippen LogP contribution is -2.30. The van der Waals surface area contributed by atoms with E-state index in [1.165, 1.54) is 25.7 Å². The zero-order valence-corrected chi connectivity index (χ0v) is 42.9. The van der Waals surface area contributed by atoms with Gasteiger partial charge in [-0.05, 0) is 128 Å². The van der Waals surface area contributed by atoms with Crippen molar-refractivity contribution in [3.05, 3.63) is 134 Å². The Balaban J connectivity index is 4.43. The number of rotatable bonds is 46. The lowest BCUT2D eigenvalue weighted by atomic mass is 10.1. The van der Waals surface area contributed by atoms with Gasteiger partial charge in [-0.25, -0.2) is 0 Å². The maximum atomic E-state index is 12.8. The third-order valence-electron chi connectivity index (χ3n) is 10.6. The smallest absolute Gasteiger partial charge is 0.306 e. The molecule has 0 bridgehead atoms. The van der Waals surface area contributed by atoms with E-state index in [-0.39, 0.29) is 37.5 Å². The molecule has 0 fully saturated rings. The van der Waals surface area contributed by atoms with E-state index < -0.39 is 6.10 Å². The van der Waals surface area contributed by atoms with Crippen LogP contribution in [0.1, 0.15) is 213 Å². The summed E-state index contributed by atoms with van der Waals surface area (Å²) in [5.41, 5.74) is 0. The number of esters is 3. The number of allylic oxidation sites excluding steroid dienone is 22. The molecule has 1 atom stereocenters. The lowest BCUT2D eigenvalue weighted by molar-refractivity contribution is -0.167. The second-order valence-corrected chi connectivity index (χ2v) is 17.0. The van der Waals surface area contributed by atoms with Crippen molar-refractivity contribution in [2.24, 2.45) is 0 Å². The molecule has 0 amide bonds. The van der Waals surface area contributed by atoms with Gasteiger partial charge in [0.15, 0.2) is 6.10 Å². The van der Waals surface area contributed by atoms with Crippen LogP contribution in [0.5, 0.6) is 0 Å². The number of carbonyl (C=O) groups is 3. The summed E-state index contributed by atoms with van der Waals surface area (Å²) < 4.78 is 16.7. The minimum atomic E-state index is -0.815. The molecule has 0 radical (unpaired) electrons. The summed E-state index contributed by atoms with van der Waals surface area (Å²) in [4.78, 5) is 38.0. The molecular formula is C61H96O6. The van der Waals surface area contributed by atoms with Crippen LogP contribution in [-0.4, -0.2) is 37.2 Å². The number of hydrogen-bond donors (Lipinski definition) is 0. The molecule has 376 valence electrons. The quantitative estimate of drug-likeness (QED) is 0.0262. The molecule has 67 heavy (non-hydrogen) atoms. The van der Waals surface area contributed by atoms with Gasteiger partial charge in [0.05, 0.1) is 0 Å². The van der Waals surface area contributed by atoms with Gasteiger partial charge in [0.25, 0.3) is 0 Å². The highest BCUT2D eigenvalue weighted by atomic mass is 16.6. The van der Waals surface area contributed by atoms with Crippen molar-refractivity contribution in [1.82, 2.24) is 0 Å². The fourth-order valence-electron chi connectivity index (χ4n) is 6.73. The third-order valence-corrected chi connectivity index (χ3v) is 10.6. The van der Waals surface area contributed by atoms with Crippen molar-refractivity contribution in [1.29, 1.82) is 0 Å². The van der Waals surface area contributed by atoms with Gasteiger partial charge in [0.2, 0.25) is 0 Å². The van der Waals surface area contributed by atoms with Gasteiger partial charge in [0.1, 0.15) is 13.2 Å². The van der Waals surface area contributed by atoms with E-state index in [2.05, 4.69) is 154 Å². The summed E-state index contributed by atoms with van der Waals surface area (Å²) in [6, 6.07) is 0. The molecule has 0 aromatic carbocycles. The largest absolute Gasteiger partial charge is 0.462 e. The van der Waals surface area contributed by atoms with Crippen LogP contribution in [0.2, 0.25) is 0 Å². The first kappa shape index (κ1) is 62.5. The predicted molar refractivity (Wildman–Crippen MR) is 288 cm³/mol. The van der Waals surface area contributed by atoms with Gasteiger partial charge in [-0.2, -0.15) is 0 Å². The second-order valence-electron chi connectivity index (χ2n) is 17.0. The molecule has 1 unspecified atom stereocenters. The van der Waals surface area contributed by atoms with Gasteiger partial charge in [-0.1, -0.05) is 199 Å². The van der Waals surface area contributed by atoms with E-state index in [1.807, 2.05) is 0 Å². The summed E-state index contributed by atoms with van der Waals surface area (Å²) in [5, 5.41) is 0. The van der Waals surface area contributed by atoms with Gasteiger partial charge in [0, 0.05) is 19.3 Å². The Morgan fingerprint density at radius 2 is 0.537 bits per heavy atom. The van der Waals surface area contributed by atoms with Gasteiger partial charge < -0.3 is 14.2 Å². The monoisotopic (exact) mass is 925 g/mol. The topological polar surface area (TPSA) is 78.9 Å². The Labute approximate surface area is 411 Å². The number of carbonyl (C=O) groups excluding carboxylic acids is 3. The van der Waals surface area contributed by atoms with Crippen LogP contribution in [0.25, 0.3) is 0 Å². The van der Waals surface area contributed by atoms with Crippen molar-refractivity contribution < 1.29 is 28.6 Å². The van der Waals surface area contributed by atoms with E-state index in [0.29, 0.717) is 12.8 Å². The first-order chi connectivity index (χ1) is 33.0. The Morgan fingerprint density at radius 1 is 0.299 bits per heavy atom. The van der Waals surface area contributed by atoms with E-state index in [4.69, 9.17) is 14.2 Å². The van der Waals surface area contributed by atoms with Gasteiger partial charge >= 0.3 is 17.9 Å². The van der Waals surface area contributed by atoms with E-state index in [1.54, 1.807) is 0 Å². The molecule has 0 N–H and O–H groups in total. The molecule has 0 aliphatic rings. The first-order valence-corrected chi connectivity index (χ1v) is 26.7. The van der Waals surface area contributed by atoms with Crippen LogP contribution in [0, 0.1) is 0 Å². The van der Waals surface area contributed by atoms with Crippen LogP contribution in [0.4, 0.5) is 0 Å². The fraction of sp³-hybridized carbons (Fsp3) is 0.590. The van der Waals surface area contributed by atoms with Crippen LogP contribution < -0.4 is 0 Å². The minimum Gasteiger partial charge on any atom is -0.462 e. The average molecular weight is 925 g/mol. The zero-order chi connectivity index (χ0) is 48.6. The van der Waals surface area contributed by atoms with E-state index >= 15 is 0 Å². The molecule has 0 spiro atoms. The molecule has 0 saturated heterocycles. The molecular weight excluding hydrogens is 829 g/mol. The molecule has 6 heteroatoms. The van der Waals surface area contributed by atoms with E-state index in [9.17, 15) is 14.4 Å². The summed E-state index contributed by atoms with van der Waals surface area (Å²) in [6.45, 7) is 6.21. The van der Waals surface area contributed by atoms with Gasteiger partial charge in [-0.15, -0.1) is 0 Å². The van der Waals surface area contributed by atoms with E-state index in [0.717, 1.165) is 148 Å². The Hall–Kier alpha value is -4.45. The SMILES string of the molecule is CC/C=C\C/C=C\C/C=C\C/C=C\C/C=C\CCCCCCCCCC(=O)OCC(COC(=O)CCCCC/C=C\C/C=C\C/C=C\CC)OC(=O)CCCCC/C=C\C/C=C\C/C=C\CC.